The molecule has 5 atom stereocenters. The van der Waals surface area contributed by atoms with Crippen LogP contribution in [0.4, 0.5) is 0 Å². The van der Waals surface area contributed by atoms with Crippen LogP contribution in [0.25, 0.3) is 0 Å². The second-order valence-corrected chi connectivity index (χ2v) is 9.37. The molecule has 0 aromatic carbocycles. The minimum Gasteiger partial charge on any atom is -0.389 e. The van der Waals surface area contributed by atoms with Crippen LogP contribution in [-0.2, 0) is 23.7 Å². The van der Waals surface area contributed by atoms with Crippen molar-refractivity contribution in [3.8, 4) is 0 Å². The summed E-state index contributed by atoms with van der Waals surface area (Å²) in [6, 6.07) is 0. The van der Waals surface area contributed by atoms with Crippen LogP contribution in [0.1, 0.15) is 0 Å². The van der Waals surface area contributed by atoms with E-state index in [1.165, 1.54) is 35.5 Å². The molecule has 0 aliphatic rings. The zero-order valence-electron chi connectivity index (χ0n) is 23.4. The lowest BCUT2D eigenvalue weighted by Gasteiger charge is -2.33. The Hall–Kier alpha value is -0.520. The fraction of sp³-hybridized carbons (Fsp3) is 1.00. The molecular weight excluding hydrogens is 490 g/mol. The molecule has 0 fully saturated rings. The van der Waals surface area contributed by atoms with Gasteiger partial charge in [0.05, 0.1) is 63.6 Å². The van der Waals surface area contributed by atoms with Crippen molar-refractivity contribution in [3.63, 3.8) is 0 Å². The number of hydrogen-bond donors (Lipinski definition) is 5. The van der Waals surface area contributed by atoms with Crippen LogP contribution in [0.5, 0.6) is 0 Å². The van der Waals surface area contributed by atoms with Gasteiger partial charge in [0.25, 0.3) is 0 Å². The molecule has 0 saturated heterocycles. The van der Waals surface area contributed by atoms with Gasteiger partial charge in [-0.05, 0) is 0 Å². The third kappa shape index (κ3) is 20.1. The molecule has 5 unspecified atom stereocenters. The van der Waals surface area contributed by atoms with E-state index in [9.17, 15) is 25.5 Å². The van der Waals surface area contributed by atoms with Crippen molar-refractivity contribution in [2.75, 3.05) is 127 Å². The van der Waals surface area contributed by atoms with Crippen molar-refractivity contribution >= 4 is 0 Å². The highest BCUT2D eigenvalue weighted by Crippen LogP contribution is 2.04. The summed E-state index contributed by atoms with van der Waals surface area (Å²) in [5, 5.41) is 51.4. The number of ether oxygens (including phenoxy) is 5. The normalized spacial score (nSPS) is 16.5. The van der Waals surface area contributed by atoms with Gasteiger partial charge in [-0.1, -0.05) is 0 Å². The van der Waals surface area contributed by atoms with E-state index >= 15 is 0 Å². The summed E-state index contributed by atoms with van der Waals surface area (Å²) in [5.41, 5.74) is 0. The summed E-state index contributed by atoms with van der Waals surface area (Å²) >= 11 is 0. The zero-order chi connectivity index (χ0) is 28.1. The van der Waals surface area contributed by atoms with Crippen LogP contribution in [0.2, 0.25) is 0 Å². The van der Waals surface area contributed by atoms with Crippen molar-refractivity contribution in [2.24, 2.45) is 0 Å². The Morgan fingerprint density at radius 2 is 0.568 bits per heavy atom. The Morgan fingerprint density at radius 1 is 0.378 bits per heavy atom. The maximum absolute atomic E-state index is 10.4. The predicted octanol–water partition coefficient (Wildman–Crippen LogP) is -3.07. The lowest BCUT2D eigenvalue weighted by molar-refractivity contribution is -0.00631. The van der Waals surface area contributed by atoms with Gasteiger partial charge in [-0.25, -0.2) is 0 Å². The molecule has 5 N–H and O–H groups in total. The third-order valence-electron chi connectivity index (χ3n) is 5.60. The average Bonchev–Trinajstić information content (AvgIpc) is 2.81. The summed E-state index contributed by atoms with van der Waals surface area (Å²) in [7, 11) is 7.60. The van der Waals surface area contributed by atoms with Gasteiger partial charge in [-0.2, -0.15) is 0 Å². The molecule has 0 radical (unpaired) electrons. The Kier molecular flexibility index (Phi) is 23.0. The highest BCUT2D eigenvalue weighted by Gasteiger charge is 2.21. The molecule has 0 bridgehead atoms. The van der Waals surface area contributed by atoms with Crippen molar-refractivity contribution in [2.45, 2.75) is 30.5 Å². The maximum atomic E-state index is 10.4. The number of aliphatic hydroxyl groups is 5. The molecule has 13 nitrogen and oxygen atoms in total. The lowest BCUT2D eigenvalue weighted by Crippen LogP contribution is -2.48. The quantitative estimate of drug-likeness (QED) is 0.0749. The molecule has 224 valence electrons. The summed E-state index contributed by atoms with van der Waals surface area (Å²) in [4.78, 5) is 5.93. The molecule has 0 aliphatic carbocycles. The average molecular weight is 544 g/mol. The van der Waals surface area contributed by atoms with E-state index in [0.717, 1.165) is 0 Å². The molecule has 0 spiro atoms. The highest BCUT2D eigenvalue weighted by molar-refractivity contribution is 4.75. The first-order valence-electron chi connectivity index (χ1n) is 12.7. The molecule has 13 heteroatoms. The topological polar surface area (TPSA) is 157 Å². The first-order chi connectivity index (χ1) is 17.7. The largest absolute Gasteiger partial charge is 0.389 e. The van der Waals surface area contributed by atoms with Gasteiger partial charge in [0.2, 0.25) is 0 Å². The Morgan fingerprint density at radius 3 is 0.784 bits per heavy atom. The third-order valence-corrected chi connectivity index (χ3v) is 5.60. The van der Waals surface area contributed by atoms with E-state index in [1.807, 2.05) is 9.80 Å². The Bertz CT molecular complexity index is 447. The van der Waals surface area contributed by atoms with Gasteiger partial charge in [0, 0.05) is 94.5 Å². The lowest BCUT2D eigenvalue weighted by atomic mass is 10.2. The van der Waals surface area contributed by atoms with E-state index in [-0.39, 0.29) is 33.0 Å². The van der Waals surface area contributed by atoms with Gasteiger partial charge in [-0.15, -0.1) is 0 Å². The van der Waals surface area contributed by atoms with E-state index in [1.54, 1.807) is 0 Å². The number of aliphatic hydroxyl groups excluding tert-OH is 5. The smallest absolute Gasteiger partial charge is 0.0900 e. The molecule has 0 aromatic rings. The fourth-order valence-electron chi connectivity index (χ4n) is 4.09. The van der Waals surface area contributed by atoms with Gasteiger partial charge in [0.15, 0.2) is 0 Å². The minimum atomic E-state index is -0.715. The zero-order valence-corrected chi connectivity index (χ0v) is 23.4. The Balaban J connectivity index is 5.33. The van der Waals surface area contributed by atoms with Crippen LogP contribution >= 0.6 is 0 Å². The SMILES string of the molecule is COCC(O)CN(CCN(CC(O)COC)CC(O)COC)CCN(CC(O)COC)CC(O)COC. The first-order valence-corrected chi connectivity index (χ1v) is 12.7. The van der Waals surface area contributed by atoms with Crippen molar-refractivity contribution in [1.29, 1.82) is 0 Å². The predicted molar refractivity (Wildman–Crippen MR) is 139 cm³/mol. The number of hydrogen-bond acceptors (Lipinski definition) is 13. The molecule has 37 heavy (non-hydrogen) atoms. The van der Waals surface area contributed by atoms with Gasteiger partial charge < -0.3 is 49.2 Å². The molecular formula is C24H53N3O10. The number of methoxy groups -OCH3 is 5. The second kappa shape index (κ2) is 23.4. The monoisotopic (exact) mass is 543 g/mol. The van der Waals surface area contributed by atoms with Crippen LogP contribution in [0.3, 0.4) is 0 Å². The number of rotatable bonds is 26. The van der Waals surface area contributed by atoms with Gasteiger partial charge >= 0.3 is 0 Å². The summed E-state index contributed by atoms with van der Waals surface area (Å²) in [6.07, 6.45) is -3.57. The van der Waals surface area contributed by atoms with Gasteiger partial charge in [-0.3, -0.25) is 14.7 Å². The molecule has 0 aromatic heterocycles. The Labute approximate surface area is 222 Å². The van der Waals surface area contributed by atoms with Crippen LogP contribution in [0, 0.1) is 0 Å². The van der Waals surface area contributed by atoms with E-state index in [2.05, 4.69) is 4.90 Å². The summed E-state index contributed by atoms with van der Waals surface area (Å²) in [6.45, 7) is 4.56. The van der Waals surface area contributed by atoms with Crippen LogP contribution < -0.4 is 0 Å². The first kappa shape index (κ1) is 36.5. The molecule has 0 amide bonds. The summed E-state index contributed by atoms with van der Waals surface area (Å²) in [5.74, 6) is 0. The molecule has 0 heterocycles. The maximum Gasteiger partial charge on any atom is 0.0900 e. The molecule has 0 saturated carbocycles. The number of nitrogens with zero attached hydrogens (tertiary/aromatic N) is 3. The van der Waals surface area contributed by atoms with Crippen molar-refractivity contribution in [1.82, 2.24) is 14.7 Å². The van der Waals surface area contributed by atoms with Crippen molar-refractivity contribution < 1.29 is 49.2 Å². The second-order valence-electron chi connectivity index (χ2n) is 9.37. The van der Waals surface area contributed by atoms with Crippen LogP contribution in [0.15, 0.2) is 0 Å². The van der Waals surface area contributed by atoms with Gasteiger partial charge in [0.1, 0.15) is 0 Å². The fourth-order valence-corrected chi connectivity index (χ4v) is 4.09. The molecule has 0 aliphatic heterocycles. The van der Waals surface area contributed by atoms with Crippen molar-refractivity contribution in [3.05, 3.63) is 0 Å². The highest BCUT2D eigenvalue weighted by atomic mass is 16.5. The van der Waals surface area contributed by atoms with E-state index in [0.29, 0.717) is 58.9 Å². The standard InChI is InChI=1S/C24H53N3O10/c1-33-15-20(28)10-25(6-8-26(11-21(29)16-34-2)12-22(30)17-35-3)7-9-27(13-23(31)18-36-4)14-24(32)19-37-5/h20-24,28-32H,6-19H2,1-5H3. The summed E-state index contributed by atoms with van der Waals surface area (Å²) < 4.78 is 25.2. The minimum absolute atomic E-state index is 0.176. The van der Waals surface area contributed by atoms with Crippen LogP contribution in [-0.4, -0.2) is 198 Å². The molecule has 0 rings (SSSR count). The van der Waals surface area contributed by atoms with E-state index < -0.39 is 30.5 Å². The van der Waals surface area contributed by atoms with E-state index in [4.69, 9.17) is 23.7 Å².